The minimum Gasteiger partial charge on any atom is -0.383 e. The third-order valence-electron chi connectivity index (χ3n) is 2.67. The number of nitrogen functional groups attached to an aromatic ring is 1. The van der Waals surface area contributed by atoms with Crippen LogP contribution in [0.25, 0.3) is 11.0 Å². The first-order valence-corrected chi connectivity index (χ1v) is 5.71. The second-order valence-electron chi connectivity index (χ2n) is 3.72. The quantitative estimate of drug-likeness (QED) is 0.494. The fourth-order valence-electron chi connectivity index (χ4n) is 1.74. The standard InChI is InChI=1S/C10H17N7O/c1-3-17(4-5-18-2)9-7-6-12-16-8(7)13-10(14-9)15-11/h6H,3-5,11H2,1-2H3,(H2,12,13,14,15,16). The third kappa shape index (κ3) is 2.34. The van der Waals surface area contributed by atoms with Gasteiger partial charge in [-0.3, -0.25) is 10.5 Å². The van der Waals surface area contributed by atoms with Crippen molar-refractivity contribution in [2.24, 2.45) is 5.84 Å². The molecule has 2 aromatic rings. The number of ether oxygens (including phenoxy) is 1. The van der Waals surface area contributed by atoms with Crippen LogP contribution in [-0.2, 0) is 4.74 Å². The molecule has 0 aliphatic heterocycles. The smallest absolute Gasteiger partial charge is 0.241 e. The van der Waals surface area contributed by atoms with Crippen LogP contribution >= 0.6 is 0 Å². The van der Waals surface area contributed by atoms with Crippen LogP contribution in [0.5, 0.6) is 0 Å². The average molecular weight is 251 g/mol. The molecule has 0 aliphatic rings. The normalized spacial score (nSPS) is 10.8. The Kier molecular flexibility index (Phi) is 3.90. The molecule has 8 heteroatoms. The van der Waals surface area contributed by atoms with Gasteiger partial charge in [0.25, 0.3) is 0 Å². The van der Waals surface area contributed by atoms with E-state index in [2.05, 4.69) is 37.4 Å². The van der Waals surface area contributed by atoms with Crippen LogP contribution in [0.4, 0.5) is 11.8 Å². The lowest BCUT2D eigenvalue weighted by molar-refractivity contribution is 0.205. The van der Waals surface area contributed by atoms with E-state index in [1.54, 1.807) is 13.3 Å². The van der Waals surface area contributed by atoms with Crippen LogP contribution in [0.3, 0.4) is 0 Å². The van der Waals surface area contributed by atoms with Crippen molar-refractivity contribution in [1.82, 2.24) is 20.2 Å². The van der Waals surface area contributed by atoms with Gasteiger partial charge in [-0.25, -0.2) is 5.84 Å². The van der Waals surface area contributed by atoms with Gasteiger partial charge in [0.15, 0.2) is 5.65 Å². The molecule has 0 bridgehead atoms. The van der Waals surface area contributed by atoms with Gasteiger partial charge in [0, 0.05) is 20.2 Å². The van der Waals surface area contributed by atoms with Crippen LogP contribution in [0.1, 0.15) is 6.92 Å². The van der Waals surface area contributed by atoms with E-state index >= 15 is 0 Å². The summed E-state index contributed by atoms with van der Waals surface area (Å²) in [7, 11) is 1.67. The lowest BCUT2D eigenvalue weighted by Crippen LogP contribution is -2.28. The van der Waals surface area contributed by atoms with Crippen LogP contribution in [0.15, 0.2) is 6.20 Å². The molecule has 18 heavy (non-hydrogen) atoms. The average Bonchev–Trinajstić information content (AvgIpc) is 2.87. The molecule has 2 rings (SSSR count). The van der Waals surface area contributed by atoms with Crippen LogP contribution in [-0.4, -0.2) is 47.0 Å². The number of nitrogens with one attached hydrogen (secondary N) is 2. The van der Waals surface area contributed by atoms with E-state index in [4.69, 9.17) is 10.6 Å². The molecule has 0 fully saturated rings. The highest BCUT2D eigenvalue weighted by atomic mass is 16.5. The molecule has 2 heterocycles. The van der Waals surface area contributed by atoms with Gasteiger partial charge in [-0.1, -0.05) is 0 Å². The molecule has 98 valence electrons. The molecule has 0 amide bonds. The van der Waals surface area contributed by atoms with Crippen molar-refractivity contribution in [3.63, 3.8) is 0 Å². The number of hydrogen-bond acceptors (Lipinski definition) is 7. The highest BCUT2D eigenvalue weighted by Gasteiger charge is 2.14. The summed E-state index contributed by atoms with van der Waals surface area (Å²) in [6.07, 6.45) is 1.71. The Hall–Kier alpha value is -1.93. The van der Waals surface area contributed by atoms with Gasteiger partial charge >= 0.3 is 0 Å². The number of anilines is 2. The van der Waals surface area contributed by atoms with Gasteiger partial charge in [-0.15, -0.1) is 0 Å². The summed E-state index contributed by atoms with van der Waals surface area (Å²) in [5.41, 5.74) is 3.11. The second kappa shape index (κ2) is 5.61. The number of aromatic amines is 1. The van der Waals surface area contributed by atoms with Crippen molar-refractivity contribution in [1.29, 1.82) is 0 Å². The van der Waals surface area contributed by atoms with E-state index in [0.29, 0.717) is 18.2 Å². The van der Waals surface area contributed by atoms with E-state index in [0.717, 1.165) is 24.3 Å². The Morgan fingerprint density at radius 1 is 1.50 bits per heavy atom. The molecule has 0 saturated carbocycles. The number of nitrogens with two attached hydrogens (primary N) is 1. The maximum absolute atomic E-state index is 5.37. The second-order valence-corrected chi connectivity index (χ2v) is 3.72. The molecule has 0 atom stereocenters. The van der Waals surface area contributed by atoms with Crippen LogP contribution in [0.2, 0.25) is 0 Å². The van der Waals surface area contributed by atoms with Crippen LogP contribution < -0.4 is 16.2 Å². The lowest BCUT2D eigenvalue weighted by atomic mass is 10.3. The molecule has 0 aliphatic carbocycles. The zero-order chi connectivity index (χ0) is 13.0. The van der Waals surface area contributed by atoms with Gasteiger partial charge in [0.05, 0.1) is 18.2 Å². The zero-order valence-electron chi connectivity index (χ0n) is 10.5. The fourth-order valence-corrected chi connectivity index (χ4v) is 1.74. The van der Waals surface area contributed by atoms with Crippen molar-refractivity contribution >= 4 is 22.8 Å². The number of fused-ring (bicyclic) bond motifs is 1. The van der Waals surface area contributed by atoms with Crippen molar-refractivity contribution in [3.05, 3.63) is 6.20 Å². The van der Waals surface area contributed by atoms with Gasteiger partial charge < -0.3 is 9.64 Å². The molecular weight excluding hydrogens is 234 g/mol. The Balaban J connectivity index is 2.42. The molecule has 0 spiro atoms. The summed E-state index contributed by atoms with van der Waals surface area (Å²) in [5, 5.41) is 7.66. The van der Waals surface area contributed by atoms with E-state index < -0.39 is 0 Å². The van der Waals surface area contributed by atoms with E-state index in [1.807, 2.05) is 0 Å². The third-order valence-corrected chi connectivity index (χ3v) is 2.67. The molecule has 0 aromatic carbocycles. The van der Waals surface area contributed by atoms with Gasteiger partial charge in [0.1, 0.15) is 5.82 Å². The lowest BCUT2D eigenvalue weighted by Gasteiger charge is -2.22. The highest BCUT2D eigenvalue weighted by Crippen LogP contribution is 2.23. The molecule has 0 radical (unpaired) electrons. The number of methoxy groups -OCH3 is 1. The minimum atomic E-state index is 0.359. The van der Waals surface area contributed by atoms with Crippen molar-refractivity contribution in [2.75, 3.05) is 37.1 Å². The predicted octanol–water partition coefficient (Wildman–Crippen LogP) is 0.111. The summed E-state index contributed by atoms with van der Waals surface area (Å²) in [4.78, 5) is 10.7. The van der Waals surface area contributed by atoms with E-state index in [-0.39, 0.29) is 0 Å². The molecular formula is C10H17N7O. The minimum absolute atomic E-state index is 0.359. The number of likely N-dealkylation sites (N-methyl/N-ethyl adjacent to an activating group) is 1. The number of hydrazine groups is 1. The van der Waals surface area contributed by atoms with E-state index in [9.17, 15) is 0 Å². The summed E-state index contributed by atoms with van der Waals surface area (Å²) in [6.45, 7) is 4.24. The number of H-pyrrole nitrogens is 1. The Morgan fingerprint density at radius 3 is 3.00 bits per heavy atom. The van der Waals surface area contributed by atoms with Gasteiger partial charge in [-0.05, 0) is 6.92 Å². The van der Waals surface area contributed by atoms with Crippen molar-refractivity contribution in [2.45, 2.75) is 6.92 Å². The first-order chi connectivity index (χ1) is 8.80. The maximum Gasteiger partial charge on any atom is 0.241 e. The number of rotatable bonds is 6. The first-order valence-electron chi connectivity index (χ1n) is 5.71. The number of hydrogen-bond donors (Lipinski definition) is 3. The van der Waals surface area contributed by atoms with Gasteiger partial charge in [0.2, 0.25) is 5.95 Å². The SMILES string of the molecule is CCN(CCOC)c1nc(NN)nc2[nH]ncc12. The number of nitrogens with zero attached hydrogens (tertiary/aromatic N) is 4. The first kappa shape index (κ1) is 12.5. The van der Waals surface area contributed by atoms with Gasteiger partial charge in [-0.2, -0.15) is 15.1 Å². The zero-order valence-corrected chi connectivity index (χ0v) is 10.5. The van der Waals surface area contributed by atoms with Crippen molar-refractivity contribution < 1.29 is 4.74 Å². The summed E-state index contributed by atoms with van der Waals surface area (Å²) >= 11 is 0. The summed E-state index contributed by atoms with van der Waals surface area (Å²) in [5.74, 6) is 6.52. The maximum atomic E-state index is 5.37. The topological polar surface area (TPSA) is 105 Å². The Labute approximate surface area is 105 Å². The largest absolute Gasteiger partial charge is 0.383 e. The molecule has 2 aromatic heterocycles. The Morgan fingerprint density at radius 2 is 2.33 bits per heavy atom. The van der Waals surface area contributed by atoms with Crippen molar-refractivity contribution in [3.8, 4) is 0 Å². The molecule has 0 unspecified atom stereocenters. The predicted molar refractivity (Wildman–Crippen MR) is 69.3 cm³/mol. The fraction of sp³-hybridized carbons (Fsp3) is 0.500. The number of aromatic nitrogens is 4. The summed E-state index contributed by atoms with van der Waals surface area (Å²) < 4.78 is 5.10. The summed E-state index contributed by atoms with van der Waals surface area (Å²) in [6, 6.07) is 0. The molecule has 4 N–H and O–H groups in total. The molecule has 8 nitrogen and oxygen atoms in total. The van der Waals surface area contributed by atoms with E-state index in [1.165, 1.54) is 0 Å². The monoisotopic (exact) mass is 251 g/mol. The molecule has 0 saturated heterocycles. The highest BCUT2D eigenvalue weighted by molar-refractivity contribution is 5.87. The Bertz CT molecular complexity index is 512. The van der Waals surface area contributed by atoms with Crippen LogP contribution in [0, 0.1) is 0 Å².